The van der Waals surface area contributed by atoms with E-state index >= 15 is 0 Å². The third kappa shape index (κ3) is 5.86. The molecule has 21 heavy (non-hydrogen) atoms. The Labute approximate surface area is 124 Å². The van der Waals surface area contributed by atoms with Gasteiger partial charge in [0, 0.05) is 25.8 Å². The molecule has 0 saturated carbocycles. The zero-order valence-corrected chi connectivity index (χ0v) is 13.2. The number of amides is 1. The molecule has 0 spiro atoms. The first kappa shape index (κ1) is 17.7. The van der Waals surface area contributed by atoms with E-state index in [0.717, 1.165) is 25.5 Å². The number of rotatable bonds is 9. The summed E-state index contributed by atoms with van der Waals surface area (Å²) in [5, 5.41) is 7.65. The number of carbonyl (C=O) groups is 1. The van der Waals surface area contributed by atoms with E-state index in [9.17, 15) is 13.2 Å². The first-order valence-corrected chi connectivity index (χ1v) is 8.40. The summed E-state index contributed by atoms with van der Waals surface area (Å²) in [4.78, 5) is 11.6. The van der Waals surface area contributed by atoms with Crippen molar-refractivity contribution in [2.75, 3.05) is 19.8 Å². The molecule has 0 aliphatic heterocycles. The van der Waals surface area contributed by atoms with Gasteiger partial charge in [-0.2, -0.15) is 0 Å². The van der Waals surface area contributed by atoms with Crippen LogP contribution in [0.25, 0.3) is 0 Å². The molecule has 7 nitrogen and oxygen atoms in total. The fraction of sp³-hybridized carbons (Fsp3) is 0.615. The lowest BCUT2D eigenvalue weighted by Crippen LogP contribution is -2.25. The molecule has 1 aromatic rings. The van der Waals surface area contributed by atoms with Crippen molar-refractivity contribution in [2.45, 2.75) is 38.0 Å². The van der Waals surface area contributed by atoms with Crippen LogP contribution in [0.1, 0.15) is 42.5 Å². The molecular weight excluding hydrogens is 296 g/mol. The highest BCUT2D eigenvalue weighted by molar-refractivity contribution is 7.89. The average molecular weight is 318 g/mol. The van der Waals surface area contributed by atoms with Gasteiger partial charge in [0.1, 0.15) is 10.7 Å². The van der Waals surface area contributed by atoms with E-state index in [4.69, 9.17) is 14.3 Å². The Morgan fingerprint density at radius 3 is 2.62 bits per heavy atom. The number of furan rings is 1. The minimum atomic E-state index is -3.88. The van der Waals surface area contributed by atoms with Gasteiger partial charge in [-0.15, -0.1) is 0 Å². The number of hydrogen-bond acceptors (Lipinski definition) is 5. The third-order valence-electron chi connectivity index (χ3n) is 2.80. The minimum absolute atomic E-state index is 0.0663. The highest BCUT2D eigenvalue weighted by Gasteiger charge is 2.20. The molecule has 1 heterocycles. The second-order valence-electron chi connectivity index (χ2n) is 4.65. The van der Waals surface area contributed by atoms with E-state index in [0.29, 0.717) is 19.6 Å². The average Bonchev–Trinajstić information content (AvgIpc) is 2.79. The van der Waals surface area contributed by atoms with Crippen LogP contribution in [0.4, 0.5) is 0 Å². The molecular formula is C13H22N2O5S. The van der Waals surface area contributed by atoms with Gasteiger partial charge in [0.25, 0.3) is 5.91 Å². The van der Waals surface area contributed by atoms with E-state index in [1.165, 1.54) is 6.92 Å². The van der Waals surface area contributed by atoms with Gasteiger partial charge in [0.2, 0.25) is 10.0 Å². The maximum Gasteiger partial charge on any atom is 0.287 e. The molecule has 0 aromatic carbocycles. The topological polar surface area (TPSA) is 112 Å². The molecule has 120 valence electrons. The molecule has 0 fully saturated rings. The minimum Gasteiger partial charge on any atom is -0.455 e. The molecule has 1 amide bonds. The molecule has 0 radical (unpaired) electrons. The molecule has 8 heteroatoms. The normalized spacial score (nSPS) is 11.6. The predicted molar refractivity (Wildman–Crippen MR) is 77.5 cm³/mol. The molecule has 0 bridgehead atoms. The quantitative estimate of drug-likeness (QED) is 0.664. The van der Waals surface area contributed by atoms with Crippen LogP contribution >= 0.6 is 0 Å². The fourth-order valence-electron chi connectivity index (χ4n) is 1.67. The zero-order valence-electron chi connectivity index (χ0n) is 12.3. The first-order chi connectivity index (χ1) is 9.86. The number of carbonyl (C=O) groups excluding carboxylic acids is 1. The van der Waals surface area contributed by atoms with Gasteiger partial charge in [-0.05, 0) is 19.8 Å². The number of unbranched alkanes of at least 4 members (excludes halogenated alkanes) is 1. The van der Waals surface area contributed by atoms with Crippen molar-refractivity contribution in [1.82, 2.24) is 5.32 Å². The van der Waals surface area contributed by atoms with Crippen LogP contribution in [0.15, 0.2) is 15.4 Å². The van der Waals surface area contributed by atoms with Crippen molar-refractivity contribution in [3.8, 4) is 0 Å². The Kier molecular flexibility index (Phi) is 6.86. The lowest BCUT2D eigenvalue weighted by Gasteiger charge is -2.04. The van der Waals surface area contributed by atoms with Gasteiger partial charge in [0.15, 0.2) is 5.76 Å². The summed E-state index contributed by atoms with van der Waals surface area (Å²) < 4.78 is 33.0. The van der Waals surface area contributed by atoms with Gasteiger partial charge in [-0.3, -0.25) is 4.79 Å². The molecule has 0 atom stereocenters. The summed E-state index contributed by atoms with van der Waals surface area (Å²) in [5.74, 6) is -0.435. The summed E-state index contributed by atoms with van der Waals surface area (Å²) in [6.45, 7) is 5.25. The number of nitrogens with one attached hydrogen (secondary N) is 1. The lowest BCUT2D eigenvalue weighted by atomic mass is 10.3. The standard InChI is InChI=1S/C13H22N2O5S/c1-3-4-7-19-8-5-6-15-13(16)11-9-12(10(2)20-11)21(14,17)18/h9H,3-8H2,1-2H3,(H,15,16)(H2,14,17,18). The van der Waals surface area contributed by atoms with Crippen molar-refractivity contribution in [3.05, 3.63) is 17.6 Å². The van der Waals surface area contributed by atoms with Crippen LogP contribution in [-0.4, -0.2) is 34.1 Å². The van der Waals surface area contributed by atoms with Gasteiger partial charge in [-0.25, -0.2) is 13.6 Å². The van der Waals surface area contributed by atoms with Crippen molar-refractivity contribution in [2.24, 2.45) is 5.14 Å². The van der Waals surface area contributed by atoms with Crippen LogP contribution in [-0.2, 0) is 14.8 Å². The lowest BCUT2D eigenvalue weighted by molar-refractivity contribution is 0.0912. The third-order valence-corrected chi connectivity index (χ3v) is 3.81. The largest absolute Gasteiger partial charge is 0.455 e. The van der Waals surface area contributed by atoms with Gasteiger partial charge in [0.05, 0.1) is 0 Å². The zero-order chi connectivity index (χ0) is 15.9. The van der Waals surface area contributed by atoms with E-state index in [2.05, 4.69) is 12.2 Å². The van der Waals surface area contributed by atoms with Crippen LogP contribution in [0.2, 0.25) is 0 Å². The molecule has 0 aliphatic carbocycles. The van der Waals surface area contributed by atoms with E-state index in [1.54, 1.807) is 0 Å². The van der Waals surface area contributed by atoms with Crippen molar-refractivity contribution in [1.29, 1.82) is 0 Å². The van der Waals surface area contributed by atoms with E-state index in [-0.39, 0.29) is 16.4 Å². The van der Waals surface area contributed by atoms with Crippen molar-refractivity contribution < 1.29 is 22.4 Å². The number of aryl methyl sites for hydroxylation is 1. The number of nitrogens with two attached hydrogens (primary N) is 1. The van der Waals surface area contributed by atoms with Crippen molar-refractivity contribution >= 4 is 15.9 Å². The maximum atomic E-state index is 11.8. The molecule has 3 N–H and O–H groups in total. The molecule has 0 aliphatic rings. The van der Waals surface area contributed by atoms with Crippen LogP contribution in [0.3, 0.4) is 0 Å². The van der Waals surface area contributed by atoms with Crippen LogP contribution < -0.4 is 10.5 Å². The summed E-state index contributed by atoms with van der Waals surface area (Å²) in [6, 6.07) is 1.14. The summed E-state index contributed by atoms with van der Waals surface area (Å²) in [6.07, 6.45) is 2.78. The van der Waals surface area contributed by atoms with Crippen LogP contribution in [0, 0.1) is 6.92 Å². The SMILES string of the molecule is CCCCOCCCNC(=O)c1cc(S(N)(=O)=O)c(C)o1. The Balaban J connectivity index is 2.40. The van der Waals surface area contributed by atoms with Gasteiger partial charge >= 0.3 is 0 Å². The Hall–Kier alpha value is -1.38. The van der Waals surface area contributed by atoms with Gasteiger partial charge < -0.3 is 14.5 Å². The van der Waals surface area contributed by atoms with E-state index < -0.39 is 15.9 Å². The smallest absolute Gasteiger partial charge is 0.287 e. The Morgan fingerprint density at radius 1 is 1.38 bits per heavy atom. The molecule has 1 rings (SSSR count). The predicted octanol–water partition coefficient (Wildman–Crippen LogP) is 1.17. The summed E-state index contributed by atoms with van der Waals surface area (Å²) in [7, 11) is -3.88. The molecule has 1 aromatic heterocycles. The highest BCUT2D eigenvalue weighted by atomic mass is 32.2. The highest BCUT2D eigenvalue weighted by Crippen LogP contribution is 2.18. The van der Waals surface area contributed by atoms with E-state index in [1.807, 2.05) is 0 Å². The summed E-state index contributed by atoms with van der Waals surface area (Å²) in [5.41, 5.74) is 0. The maximum absolute atomic E-state index is 11.8. The second-order valence-corrected chi connectivity index (χ2v) is 6.18. The van der Waals surface area contributed by atoms with Crippen molar-refractivity contribution in [3.63, 3.8) is 0 Å². The number of ether oxygens (including phenoxy) is 1. The van der Waals surface area contributed by atoms with Crippen LogP contribution in [0.5, 0.6) is 0 Å². The molecule has 0 unspecified atom stereocenters. The second kappa shape index (κ2) is 8.16. The number of primary sulfonamides is 1. The Morgan fingerprint density at radius 2 is 2.05 bits per heavy atom. The number of hydrogen-bond donors (Lipinski definition) is 2. The number of sulfonamides is 1. The van der Waals surface area contributed by atoms with Gasteiger partial charge in [-0.1, -0.05) is 13.3 Å². The Bertz CT molecular complexity index is 565. The molecule has 0 saturated heterocycles. The first-order valence-electron chi connectivity index (χ1n) is 6.85. The summed E-state index contributed by atoms with van der Waals surface area (Å²) >= 11 is 0. The fourth-order valence-corrected chi connectivity index (χ4v) is 2.39. The monoisotopic (exact) mass is 318 g/mol.